The molecule has 0 radical (unpaired) electrons. The number of alkyl carbamates (subject to hydrolysis) is 1. The molecular formula is C33H48N4O9. The van der Waals surface area contributed by atoms with Crippen LogP contribution in [0, 0.1) is 11.8 Å². The minimum Gasteiger partial charge on any atom is -0.493 e. The lowest BCUT2D eigenvalue weighted by Crippen LogP contribution is -2.65. The standard InChI is InChI=1S/C18H21NO3.C15H27N3O6/c1-19-8-7-18-11-4-5-13(20)17(18)22-16-14(21-2)6-3-10(15(16)18)9-12(11)19;1-9(2)6-10(13(21)22)18-12(20)8-16-11(19)7-17-14(23)24-15(3,4)5/h3,6,11-12,17H,4-5,7-9H2,1-2H3;9-10H,6-8H2,1-5H3,(H,16,19)(H,17,23)(H,18,20)(H,21,22)/t11-,12+,17-,18-;10-/m00/s1. The van der Waals surface area contributed by atoms with Gasteiger partial charge in [-0.05, 0) is 83.5 Å². The zero-order chi connectivity index (χ0) is 34.0. The quantitative estimate of drug-likeness (QED) is 0.312. The van der Waals surface area contributed by atoms with Crippen LogP contribution >= 0.6 is 0 Å². The highest BCUT2D eigenvalue weighted by Crippen LogP contribution is 2.63. The molecule has 0 aromatic heterocycles. The molecule has 1 aromatic carbocycles. The van der Waals surface area contributed by atoms with Crippen molar-refractivity contribution >= 4 is 29.7 Å². The summed E-state index contributed by atoms with van der Waals surface area (Å²) in [4.78, 5) is 60.7. The third kappa shape index (κ3) is 7.40. The number of carbonyl (C=O) groups excluding carboxylic acids is 4. The number of rotatable bonds is 9. The van der Waals surface area contributed by atoms with E-state index in [1.807, 2.05) is 19.9 Å². The van der Waals surface area contributed by atoms with Gasteiger partial charge in [-0.15, -0.1) is 0 Å². The van der Waals surface area contributed by atoms with E-state index in [2.05, 4.69) is 34.0 Å². The number of nitrogens with one attached hydrogen (secondary N) is 3. The number of likely N-dealkylation sites (N-methyl/N-ethyl adjacent to an activating group) is 1. The molecule has 5 rings (SSSR count). The van der Waals surface area contributed by atoms with Gasteiger partial charge in [-0.2, -0.15) is 0 Å². The summed E-state index contributed by atoms with van der Waals surface area (Å²) < 4.78 is 16.7. The molecule has 13 nitrogen and oxygen atoms in total. The zero-order valence-corrected chi connectivity index (χ0v) is 27.9. The summed E-state index contributed by atoms with van der Waals surface area (Å²) in [6.07, 6.45) is 3.01. The summed E-state index contributed by atoms with van der Waals surface area (Å²) in [6, 6.07) is 3.73. The van der Waals surface area contributed by atoms with Crippen molar-refractivity contribution in [3.05, 3.63) is 23.3 Å². The van der Waals surface area contributed by atoms with Crippen molar-refractivity contribution in [1.82, 2.24) is 20.9 Å². The molecule has 46 heavy (non-hydrogen) atoms. The highest BCUT2D eigenvalue weighted by Gasteiger charge is 2.65. The number of ether oxygens (including phenoxy) is 3. The number of carbonyl (C=O) groups is 5. The van der Waals surface area contributed by atoms with Gasteiger partial charge in [-0.25, -0.2) is 9.59 Å². The number of carboxylic acids is 1. The third-order valence-electron chi connectivity index (χ3n) is 9.17. The van der Waals surface area contributed by atoms with Crippen molar-refractivity contribution in [1.29, 1.82) is 0 Å². The fourth-order valence-corrected chi connectivity index (χ4v) is 7.32. The molecule has 2 fully saturated rings. The van der Waals surface area contributed by atoms with Crippen LogP contribution in [-0.4, -0.2) is 97.2 Å². The predicted octanol–water partition coefficient (Wildman–Crippen LogP) is 2.18. The van der Waals surface area contributed by atoms with Gasteiger partial charge in [0.15, 0.2) is 23.4 Å². The van der Waals surface area contributed by atoms with E-state index in [0.717, 1.165) is 37.3 Å². The van der Waals surface area contributed by atoms with Gasteiger partial charge in [0.2, 0.25) is 11.8 Å². The lowest BCUT2D eigenvalue weighted by Gasteiger charge is -2.57. The number of benzene rings is 1. The Morgan fingerprint density at radius 2 is 1.83 bits per heavy atom. The summed E-state index contributed by atoms with van der Waals surface area (Å²) in [5.41, 5.74) is 1.90. The van der Waals surface area contributed by atoms with Crippen LogP contribution in [0.5, 0.6) is 11.5 Å². The van der Waals surface area contributed by atoms with E-state index >= 15 is 0 Å². The van der Waals surface area contributed by atoms with Crippen LogP contribution < -0.4 is 25.4 Å². The van der Waals surface area contributed by atoms with Crippen LogP contribution in [0.15, 0.2) is 12.1 Å². The SMILES string of the molecule is CC(C)C[C@H](NC(=O)CNC(=O)CNC(=O)OC(C)(C)C)C(=O)O.COc1ccc2c3c1O[C@H]1C(=O)CC[C@H]4[C@@H](C2)N(C)CC[C@]314. The molecule has 3 amide bonds. The molecule has 1 aromatic rings. The molecule has 2 heterocycles. The number of aliphatic carboxylic acids is 1. The van der Waals surface area contributed by atoms with Gasteiger partial charge in [0.25, 0.3) is 0 Å². The first-order chi connectivity index (χ1) is 21.6. The minimum absolute atomic E-state index is 0.0933. The van der Waals surface area contributed by atoms with Gasteiger partial charge in [-0.1, -0.05) is 19.9 Å². The lowest BCUT2D eigenvalue weighted by atomic mass is 9.52. The fourth-order valence-electron chi connectivity index (χ4n) is 7.32. The number of carboxylic acid groups (broad SMARTS) is 1. The van der Waals surface area contributed by atoms with Crippen molar-refractivity contribution in [3.8, 4) is 11.5 Å². The van der Waals surface area contributed by atoms with Crippen LogP contribution in [0.3, 0.4) is 0 Å². The summed E-state index contributed by atoms with van der Waals surface area (Å²) in [7, 11) is 3.91. The number of piperidine rings is 1. The molecule has 2 aliphatic carbocycles. The van der Waals surface area contributed by atoms with Crippen molar-refractivity contribution < 1.29 is 43.3 Å². The molecule has 0 unspecified atom stereocenters. The average molecular weight is 645 g/mol. The number of likely N-dealkylation sites (tertiary alicyclic amines) is 1. The Bertz CT molecular complexity index is 1360. The monoisotopic (exact) mass is 644 g/mol. The number of methoxy groups -OCH3 is 1. The highest BCUT2D eigenvalue weighted by molar-refractivity contribution is 5.90. The maximum Gasteiger partial charge on any atom is 0.408 e. The molecule has 1 saturated heterocycles. The van der Waals surface area contributed by atoms with Gasteiger partial charge in [0.1, 0.15) is 18.2 Å². The first-order valence-corrected chi connectivity index (χ1v) is 15.9. The molecule has 1 saturated carbocycles. The zero-order valence-electron chi connectivity index (χ0n) is 27.9. The number of ketones is 1. The number of Topliss-reactive ketones (excluding diaryl/α,β-unsaturated/α-hetero) is 1. The van der Waals surface area contributed by atoms with Gasteiger partial charge >= 0.3 is 12.1 Å². The number of hydrogen-bond acceptors (Lipinski definition) is 9. The van der Waals surface area contributed by atoms with E-state index in [1.165, 1.54) is 11.1 Å². The predicted molar refractivity (Wildman–Crippen MR) is 168 cm³/mol. The largest absolute Gasteiger partial charge is 0.493 e. The molecule has 254 valence electrons. The second-order valence-corrected chi connectivity index (χ2v) is 14.0. The summed E-state index contributed by atoms with van der Waals surface area (Å²) >= 11 is 0. The first kappa shape index (κ1) is 35.0. The van der Waals surface area contributed by atoms with Gasteiger partial charge in [-0.3, -0.25) is 14.4 Å². The Kier molecular flexibility index (Phi) is 10.5. The molecule has 2 aliphatic heterocycles. The molecule has 13 heteroatoms. The van der Waals surface area contributed by atoms with E-state index in [1.54, 1.807) is 27.9 Å². The maximum atomic E-state index is 12.6. The third-order valence-corrected chi connectivity index (χ3v) is 9.17. The van der Waals surface area contributed by atoms with E-state index < -0.39 is 35.5 Å². The second-order valence-electron chi connectivity index (χ2n) is 14.0. The molecule has 1 spiro atoms. The number of hydrogen-bond donors (Lipinski definition) is 4. The Balaban J connectivity index is 0.000000209. The van der Waals surface area contributed by atoms with Crippen LogP contribution in [-0.2, 0) is 35.8 Å². The highest BCUT2D eigenvalue weighted by atomic mass is 16.6. The van der Waals surface area contributed by atoms with E-state index in [0.29, 0.717) is 18.4 Å². The fraction of sp³-hybridized carbons (Fsp3) is 0.667. The van der Waals surface area contributed by atoms with Gasteiger partial charge < -0.3 is 40.2 Å². The lowest BCUT2D eigenvalue weighted by molar-refractivity contribution is -0.142. The molecule has 5 atom stereocenters. The summed E-state index contributed by atoms with van der Waals surface area (Å²) in [5, 5.41) is 15.9. The maximum absolute atomic E-state index is 12.6. The average Bonchev–Trinajstić information content (AvgIpc) is 3.32. The Morgan fingerprint density at radius 1 is 1.13 bits per heavy atom. The Labute approximate surface area is 270 Å². The van der Waals surface area contributed by atoms with Crippen LogP contribution in [0.1, 0.15) is 71.4 Å². The molecule has 4 N–H and O–H groups in total. The van der Waals surface area contributed by atoms with E-state index in [9.17, 15) is 24.0 Å². The Hall–Kier alpha value is -3.87. The minimum atomic E-state index is -1.13. The van der Waals surface area contributed by atoms with Crippen LogP contribution in [0.4, 0.5) is 4.79 Å². The second kappa shape index (κ2) is 13.9. The van der Waals surface area contributed by atoms with Gasteiger partial charge in [0, 0.05) is 23.4 Å². The summed E-state index contributed by atoms with van der Waals surface area (Å²) in [6.45, 7) is 9.06. The molecule has 2 bridgehead atoms. The van der Waals surface area contributed by atoms with E-state index in [-0.39, 0.29) is 42.7 Å². The molecule has 4 aliphatic rings. The van der Waals surface area contributed by atoms with Crippen molar-refractivity contribution in [3.63, 3.8) is 0 Å². The first-order valence-electron chi connectivity index (χ1n) is 15.9. The number of nitrogens with zero attached hydrogens (tertiary/aromatic N) is 1. The summed E-state index contributed by atoms with van der Waals surface area (Å²) in [5.74, 6) is 0.217. The Morgan fingerprint density at radius 3 is 2.46 bits per heavy atom. The molecular weight excluding hydrogens is 596 g/mol. The normalized spacial score (nSPS) is 24.8. The van der Waals surface area contributed by atoms with Crippen LogP contribution in [0.25, 0.3) is 0 Å². The van der Waals surface area contributed by atoms with Crippen molar-refractivity contribution in [2.45, 2.75) is 95.9 Å². The van der Waals surface area contributed by atoms with Crippen LogP contribution in [0.2, 0.25) is 0 Å². The van der Waals surface area contributed by atoms with Crippen molar-refractivity contribution in [2.75, 3.05) is 33.8 Å². The topological polar surface area (TPSA) is 173 Å². The van der Waals surface area contributed by atoms with Gasteiger partial charge in [0.05, 0.1) is 13.7 Å². The van der Waals surface area contributed by atoms with E-state index in [4.69, 9.17) is 19.3 Å². The van der Waals surface area contributed by atoms with Crippen molar-refractivity contribution in [2.24, 2.45) is 11.8 Å². The smallest absolute Gasteiger partial charge is 0.408 e. The number of amides is 3.